The van der Waals surface area contributed by atoms with Crippen LogP contribution in [0.25, 0.3) is 10.9 Å². The van der Waals surface area contributed by atoms with Gasteiger partial charge in [0.15, 0.2) is 5.76 Å². The van der Waals surface area contributed by atoms with E-state index in [1.807, 2.05) is 13.8 Å². The number of rotatable bonds is 4. The fourth-order valence-corrected chi connectivity index (χ4v) is 2.75. The van der Waals surface area contributed by atoms with Crippen molar-refractivity contribution in [1.29, 1.82) is 0 Å². The zero-order chi connectivity index (χ0) is 15.7. The normalized spacial score (nSPS) is 11.0. The van der Waals surface area contributed by atoms with Crippen LogP contribution in [0, 0.1) is 19.7 Å². The number of aromatic amines is 1. The molecule has 1 aromatic carbocycles. The second-order valence-electron chi connectivity index (χ2n) is 5.33. The summed E-state index contributed by atoms with van der Waals surface area (Å²) in [7, 11) is 0. The first-order chi connectivity index (χ1) is 10.6. The number of benzene rings is 1. The molecule has 0 radical (unpaired) electrons. The van der Waals surface area contributed by atoms with Crippen molar-refractivity contribution in [3.05, 3.63) is 58.9 Å². The van der Waals surface area contributed by atoms with Gasteiger partial charge in [0.1, 0.15) is 5.82 Å². The fraction of sp³-hybridized carbons (Fsp3) is 0.235. The van der Waals surface area contributed by atoms with Crippen molar-refractivity contribution in [1.82, 2.24) is 10.3 Å². The number of furan rings is 1. The van der Waals surface area contributed by atoms with Crippen LogP contribution < -0.4 is 5.32 Å². The standard InChI is InChI=1S/C17H17FN2O2/c1-10-5-6-13(18)16-15(10)12(11(2)20-16)7-8-19-17(21)14-4-3-9-22-14/h3-6,9,20H,7-8H2,1-2H3,(H,19,21). The van der Waals surface area contributed by atoms with E-state index < -0.39 is 0 Å². The minimum absolute atomic E-state index is 0.245. The highest BCUT2D eigenvalue weighted by Crippen LogP contribution is 2.27. The Kier molecular flexibility index (Phi) is 3.71. The lowest BCUT2D eigenvalue weighted by molar-refractivity contribution is 0.0926. The van der Waals surface area contributed by atoms with Gasteiger partial charge in [-0.2, -0.15) is 0 Å². The van der Waals surface area contributed by atoms with E-state index in [0.717, 1.165) is 22.2 Å². The molecule has 1 amide bonds. The summed E-state index contributed by atoms with van der Waals surface area (Å²) in [5, 5.41) is 3.72. The molecule has 4 nitrogen and oxygen atoms in total. The van der Waals surface area contributed by atoms with Gasteiger partial charge in [-0.1, -0.05) is 6.07 Å². The predicted octanol–water partition coefficient (Wildman–Crippen LogP) is 3.49. The van der Waals surface area contributed by atoms with Gasteiger partial charge in [0.05, 0.1) is 11.8 Å². The molecule has 3 rings (SSSR count). The lowest BCUT2D eigenvalue weighted by atomic mass is 10.0. The average Bonchev–Trinajstić information content (AvgIpc) is 3.12. The Labute approximate surface area is 127 Å². The van der Waals surface area contributed by atoms with Crippen molar-refractivity contribution in [3.8, 4) is 0 Å². The third-order valence-electron chi connectivity index (χ3n) is 3.84. The minimum Gasteiger partial charge on any atom is -0.459 e. The molecule has 2 aromatic heterocycles. The summed E-state index contributed by atoms with van der Waals surface area (Å²) in [6.07, 6.45) is 2.09. The first kappa shape index (κ1) is 14.4. The van der Waals surface area contributed by atoms with E-state index in [2.05, 4.69) is 10.3 Å². The molecule has 0 fully saturated rings. The predicted molar refractivity (Wildman–Crippen MR) is 82.5 cm³/mol. The van der Waals surface area contributed by atoms with E-state index in [9.17, 15) is 9.18 Å². The van der Waals surface area contributed by atoms with Crippen LogP contribution in [-0.2, 0) is 6.42 Å². The number of aromatic nitrogens is 1. The Hall–Kier alpha value is -2.56. The van der Waals surface area contributed by atoms with Crippen molar-refractivity contribution < 1.29 is 13.6 Å². The monoisotopic (exact) mass is 300 g/mol. The average molecular weight is 300 g/mol. The molecule has 3 aromatic rings. The van der Waals surface area contributed by atoms with E-state index in [1.54, 1.807) is 18.2 Å². The molecule has 22 heavy (non-hydrogen) atoms. The van der Waals surface area contributed by atoms with Crippen LogP contribution in [0.1, 0.15) is 27.4 Å². The molecule has 0 aliphatic heterocycles. The second-order valence-corrected chi connectivity index (χ2v) is 5.33. The minimum atomic E-state index is -0.255. The van der Waals surface area contributed by atoms with E-state index in [0.29, 0.717) is 18.5 Å². The third kappa shape index (κ3) is 2.50. The van der Waals surface area contributed by atoms with Gasteiger partial charge < -0.3 is 14.7 Å². The third-order valence-corrected chi connectivity index (χ3v) is 3.84. The molecule has 0 aliphatic carbocycles. The van der Waals surface area contributed by atoms with Crippen LogP contribution in [0.5, 0.6) is 0 Å². The topological polar surface area (TPSA) is 58.0 Å². The number of halogens is 1. The van der Waals surface area contributed by atoms with Gasteiger partial charge >= 0.3 is 0 Å². The number of amides is 1. The zero-order valence-electron chi connectivity index (χ0n) is 12.5. The van der Waals surface area contributed by atoms with Crippen molar-refractivity contribution >= 4 is 16.8 Å². The summed E-state index contributed by atoms with van der Waals surface area (Å²) < 4.78 is 18.9. The number of hydrogen-bond donors (Lipinski definition) is 2. The number of aryl methyl sites for hydroxylation is 2. The summed E-state index contributed by atoms with van der Waals surface area (Å²) in [6, 6.07) is 6.53. The first-order valence-electron chi connectivity index (χ1n) is 7.16. The van der Waals surface area contributed by atoms with Crippen LogP contribution in [0.3, 0.4) is 0 Å². The van der Waals surface area contributed by atoms with E-state index in [4.69, 9.17) is 4.42 Å². The van der Waals surface area contributed by atoms with Crippen molar-refractivity contribution in [2.45, 2.75) is 20.3 Å². The van der Waals surface area contributed by atoms with Gasteiger partial charge in [-0.05, 0) is 49.6 Å². The summed E-state index contributed by atoms with van der Waals surface area (Å²) in [5.41, 5.74) is 3.51. The second kappa shape index (κ2) is 5.67. The number of nitrogens with one attached hydrogen (secondary N) is 2. The highest BCUT2D eigenvalue weighted by atomic mass is 19.1. The van der Waals surface area contributed by atoms with Crippen LogP contribution in [0.4, 0.5) is 4.39 Å². The van der Waals surface area contributed by atoms with Crippen molar-refractivity contribution in [2.75, 3.05) is 6.54 Å². The molecule has 0 spiro atoms. The SMILES string of the molecule is Cc1[nH]c2c(F)ccc(C)c2c1CCNC(=O)c1ccco1. The Morgan fingerprint density at radius 3 is 2.86 bits per heavy atom. The maximum Gasteiger partial charge on any atom is 0.286 e. The molecule has 5 heteroatoms. The summed E-state index contributed by atoms with van der Waals surface area (Å²) in [5.74, 6) is -0.210. The Bertz CT molecular complexity index is 819. The number of carbonyl (C=O) groups is 1. The zero-order valence-corrected chi connectivity index (χ0v) is 12.5. The van der Waals surface area contributed by atoms with Crippen LogP contribution >= 0.6 is 0 Å². The molecular weight excluding hydrogens is 283 g/mol. The van der Waals surface area contributed by atoms with Gasteiger partial charge in [0.25, 0.3) is 5.91 Å². The number of fused-ring (bicyclic) bond motifs is 1. The van der Waals surface area contributed by atoms with Gasteiger partial charge in [0.2, 0.25) is 0 Å². The van der Waals surface area contributed by atoms with Crippen LogP contribution in [-0.4, -0.2) is 17.4 Å². The van der Waals surface area contributed by atoms with E-state index in [-0.39, 0.29) is 17.5 Å². The van der Waals surface area contributed by atoms with Crippen LogP contribution in [0.2, 0.25) is 0 Å². The molecule has 2 heterocycles. The Morgan fingerprint density at radius 1 is 1.32 bits per heavy atom. The Balaban J connectivity index is 1.78. The molecule has 0 bridgehead atoms. The number of hydrogen-bond acceptors (Lipinski definition) is 2. The fourth-order valence-electron chi connectivity index (χ4n) is 2.75. The summed E-state index contributed by atoms with van der Waals surface area (Å²) >= 11 is 0. The quantitative estimate of drug-likeness (QED) is 0.775. The van der Waals surface area contributed by atoms with Gasteiger partial charge in [-0.3, -0.25) is 4.79 Å². The summed E-state index contributed by atoms with van der Waals surface area (Å²) in [4.78, 5) is 14.9. The lowest BCUT2D eigenvalue weighted by Gasteiger charge is -2.05. The molecular formula is C17H17FN2O2. The van der Waals surface area contributed by atoms with Crippen LogP contribution in [0.15, 0.2) is 34.9 Å². The van der Waals surface area contributed by atoms with Crippen molar-refractivity contribution in [2.24, 2.45) is 0 Å². The highest BCUT2D eigenvalue weighted by molar-refractivity contribution is 5.91. The van der Waals surface area contributed by atoms with E-state index >= 15 is 0 Å². The molecule has 0 unspecified atom stereocenters. The molecule has 0 saturated carbocycles. The maximum atomic E-state index is 13.9. The smallest absolute Gasteiger partial charge is 0.286 e. The number of H-pyrrole nitrogens is 1. The molecule has 2 N–H and O–H groups in total. The Morgan fingerprint density at radius 2 is 2.14 bits per heavy atom. The van der Waals surface area contributed by atoms with Crippen molar-refractivity contribution in [3.63, 3.8) is 0 Å². The highest BCUT2D eigenvalue weighted by Gasteiger charge is 2.14. The lowest BCUT2D eigenvalue weighted by Crippen LogP contribution is -2.25. The largest absolute Gasteiger partial charge is 0.459 e. The summed E-state index contributed by atoms with van der Waals surface area (Å²) in [6.45, 7) is 4.34. The molecule has 0 saturated heterocycles. The van der Waals surface area contributed by atoms with Gasteiger partial charge in [-0.15, -0.1) is 0 Å². The van der Waals surface area contributed by atoms with Gasteiger partial charge in [0, 0.05) is 17.6 Å². The first-order valence-corrected chi connectivity index (χ1v) is 7.16. The molecule has 114 valence electrons. The van der Waals surface area contributed by atoms with E-state index in [1.165, 1.54) is 12.3 Å². The maximum absolute atomic E-state index is 13.9. The van der Waals surface area contributed by atoms with Gasteiger partial charge in [-0.25, -0.2) is 4.39 Å². The molecule has 0 aliphatic rings. The number of carbonyl (C=O) groups excluding carboxylic acids is 1. The molecule has 0 atom stereocenters.